The highest BCUT2D eigenvalue weighted by Crippen LogP contribution is 2.31. The summed E-state index contributed by atoms with van der Waals surface area (Å²) in [7, 11) is 0. The van der Waals surface area contributed by atoms with Gasteiger partial charge in [-0.15, -0.1) is 0 Å². The second-order valence-corrected chi connectivity index (χ2v) is 4.16. The molecule has 3 atom stereocenters. The van der Waals surface area contributed by atoms with E-state index in [1.165, 1.54) is 17.2 Å². The molecule has 3 heterocycles. The highest BCUT2D eigenvalue weighted by Gasteiger charge is 2.35. The Hall–Kier alpha value is -1.77. The monoisotopic (exact) mass is 252 g/mol. The Morgan fingerprint density at radius 3 is 2.94 bits per heavy atom. The standard InChI is InChI=1S/C10H12N4O4/c15-2-5-1-6(16)10(18-5)14-4-13-7-8(14)11-3-12-9(7)17/h3-6,10,15-16H,1-2H2,(H,11,12,17)/t5-,6?,10+/m0/s1. The van der Waals surface area contributed by atoms with Crippen LogP contribution < -0.4 is 0 Å². The first-order valence-corrected chi connectivity index (χ1v) is 5.51. The predicted molar refractivity (Wildman–Crippen MR) is 58.6 cm³/mol. The van der Waals surface area contributed by atoms with Crippen molar-refractivity contribution >= 4 is 11.2 Å². The van der Waals surface area contributed by atoms with Gasteiger partial charge in [0.2, 0.25) is 5.88 Å². The molecule has 3 rings (SSSR count). The third-order valence-electron chi connectivity index (χ3n) is 2.98. The van der Waals surface area contributed by atoms with Crippen LogP contribution in [0.1, 0.15) is 12.6 Å². The summed E-state index contributed by atoms with van der Waals surface area (Å²) in [6, 6.07) is 0. The summed E-state index contributed by atoms with van der Waals surface area (Å²) in [5.74, 6) is -0.218. The van der Waals surface area contributed by atoms with E-state index in [1.807, 2.05) is 0 Å². The molecule has 0 aromatic carbocycles. The van der Waals surface area contributed by atoms with Crippen molar-refractivity contribution in [1.29, 1.82) is 0 Å². The van der Waals surface area contributed by atoms with E-state index in [1.54, 1.807) is 0 Å². The number of rotatable bonds is 2. The largest absolute Gasteiger partial charge is 0.492 e. The Bertz CT molecular complexity index is 572. The Morgan fingerprint density at radius 2 is 2.22 bits per heavy atom. The van der Waals surface area contributed by atoms with Crippen LogP contribution in [0.5, 0.6) is 5.88 Å². The van der Waals surface area contributed by atoms with Gasteiger partial charge in [0.15, 0.2) is 17.4 Å². The number of aliphatic hydroxyl groups is 2. The molecular formula is C10H12N4O4. The Kier molecular flexibility index (Phi) is 2.62. The molecule has 1 saturated heterocycles. The molecule has 0 spiro atoms. The number of aliphatic hydroxyl groups excluding tert-OH is 2. The van der Waals surface area contributed by atoms with Crippen molar-refractivity contribution in [2.75, 3.05) is 6.61 Å². The van der Waals surface area contributed by atoms with Gasteiger partial charge >= 0.3 is 0 Å². The first-order valence-electron chi connectivity index (χ1n) is 5.51. The fourth-order valence-electron chi connectivity index (χ4n) is 2.12. The van der Waals surface area contributed by atoms with Crippen LogP contribution in [0.2, 0.25) is 0 Å². The molecule has 2 aromatic heterocycles. The number of imidazole rings is 1. The van der Waals surface area contributed by atoms with Gasteiger partial charge in [-0.05, 0) is 0 Å². The van der Waals surface area contributed by atoms with Gasteiger partial charge in [0.05, 0.1) is 19.0 Å². The van der Waals surface area contributed by atoms with Crippen LogP contribution in [0.15, 0.2) is 12.7 Å². The SMILES string of the molecule is OC[C@@H]1CC(O)[C@H](n2cnc3c(O)ncnc32)O1. The maximum absolute atomic E-state index is 9.90. The maximum atomic E-state index is 9.90. The molecular weight excluding hydrogens is 240 g/mol. The maximum Gasteiger partial charge on any atom is 0.242 e. The molecule has 1 aliphatic heterocycles. The van der Waals surface area contributed by atoms with E-state index < -0.39 is 18.4 Å². The summed E-state index contributed by atoms with van der Waals surface area (Å²) in [4.78, 5) is 11.6. The zero-order valence-corrected chi connectivity index (χ0v) is 9.34. The molecule has 1 unspecified atom stereocenters. The number of hydrogen-bond donors (Lipinski definition) is 3. The number of fused-ring (bicyclic) bond motifs is 1. The lowest BCUT2D eigenvalue weighted by molar-refractivity contribution is -0.0486. The smallest absolute Gasteiger partial charge is 0.242 e. The molecule has 0 saturated carbocycles. The zero-order valence-electron chi connectivity index (χ0n) is 9.34. The lowest BCUT2D eigenvalue weighted by Crippen LogP contribution is -2.19. The molecule has 96 valence electrons. The van der Waals surface area contributed by atoms with E-state index in [0.717, 1.165) is 0 Å². The lowest BCUT2D eigenvalue weighted by atomic mass is 10.2. The van der Waals surface area contributed by atoms with E-state index >= 15 is 0 Å². The quantitative estimate of drug-likeness (QED) is 0.639. The average molecular weight is 252 g/mol. The fourth-order valence-corrected chi connectivity index (χ4v) is 2.12. The second-order valence-electron chi connectivity index (χ2n) is 4.16. The summed E-state index contributed by atoms with van der Waals surface area (Å²) >= 11 is 0. The third kappa shape index (κ3) is 1.62. The van der Waals surface area contributed by atoms with Crippen molar-refractivity contribution in [3.05, 3.63) is 12.7 Å². The van der Waals surface area contributed by atoms with Crippen molar-refractivity contribution in [1.82, 2.24) is 19.5 Å². The van der Waals surface area contributed by atoms with Gasteiger partial charge in [0.1, 0.15) is 12.4 Å². The van der Waals surface area contributed by atoms with Gasteiger partial charge < -0.3 is 20.1 Å². The van der Waals surface area contributed by atoms with Crippen molar-refractivity contribution < 1.29 is 20.1 Å². The first kappa shape index (κ1) is 11.3. The van der Waals surface area contributed by atoms with E-state index in [4.69, 9.17) is 9.84 Å². The van der Waals surface area contributed by atoms with Gasteiger partial charge in [-0.3, -0.25) is 4.57 Å². The van der Waals surface area contributed by atoms with Crippen LogP contribution in [-0.4, -0.2) is 53.7 Å². The molecule has 0 bridgehead atoms. The van der Waals surface area contributed by atoms with Crippen LogP contribution in [-0.2, 0) is 4.74 Å². The summed E-state index contributed by atoms with van der Waals surface area (Å²) < 4.78 is 7.02. The Labute approximate surface area is 102 Å². The van der Waals surface area contributed by atoms with Crippen LogP contribution in [0, 0.1) is 0 Å². The molecule has 0 aliphatic carbocycles. The molecule has 18 heavy (non-hydrogen) atoms. The average Bonchev–Trinajstić information content (AvgIpc) is 2.93. The first-order chi connectivity index (χ1) is 8.70. The van der Waals surface area contributed by atoms with E-state index in [0.29, 0.717) is 12.1 Å². The molecule has 8 nitrogen and oxygen atoms in total. The molecule has 1 fully saturated rings. The normalized spacial score (nSPS) is 28.0. The molecule has 3 N–H and O–H groups in total. The van der Waals surface area contributed by atoms with E-state index in [-0.39, 0.29) is 18.0 Å². The van der Waals surface area contributed by atoms with Crippen LogP contribution in [0.3, 0.4) is 0 Å². The van der Waals surface area contributed by atoms with Crippen molar-refractivity contribution in [2.45, 2.75) is 24.9 Å². The van der Waals surface area contributed by atoms with Crippen LogP contribution in [0.25, 0.3) is 11.2 Å². The minimum Gasteiger partial charge on any atom is -0.492 e. The summed E-state index contributed by atoms with van der Waals surface area (Å²) in [5, 5.41) is 28.5. The molecule has 2 aromatic rings. The molecule has 8 heteroatoms. The summed E-state index contributed by atoms with van der Waals surface area (Å²) in [5.41, 5.74) is 0.630. The molecule has 1 aliphatic rings. The summed E-state index contributed by atoms with van der Waals surface area (Å²) in [6.45, 7) is -0.152. The lowest BCUT2D eigenvalue weighted by Gasteiger charge is -2.16. The topological polar surface area (TPSA) is 114 Å². The minimum atomic E-state index is -0.753. The van der Waals surface area contributed by atoms with Gasteiger partial charge in [-0.2, -0.15) is 4.98 Å². The van der Waals surface area contributed by atoms with E-state index in [9.17, 15) is 10.2 Å². The highest BCUT2D eigenvalue weighted by atomic mass is 16.5. The van der Waals surface area contributed by atoms with Crippen molar-refractivity contribution in [3.8, 4) is 5.88 Å². The van der Waals surface area contributed by atoms with Crippen molar-refractivity contribution in [3.63, 3.8) is 0 Å². The van der Waals surface area contributed by atoms with Gasteiger partial charge in [0, 0.05) is 6.42 Å². The minimum absolute atomic E-state index is 0.152. The molecule has 0 radical (unpaired) electrons. The number of aromatic hydroxyl groups is 1. The summed E-state index contributed by atoms with van der Waals surface area (Å²) in [6.07, 6.45) is 1.15. The number of nitrogens with zero attached hydrogens (tertiary/aromatic N) is 4. The van der Waals surface area contributed by atoms with Crippen LogP contribution >= 0.6 is 0 Å². The zero-order chi connectivity index (χ0) is 12.7. The highest BCUT2D eigenvalue weighted by molar-refractivity contribution is 5.75. The number of ether oxygens (including phenoxy) is 1. The number of hydrogen-bond acceptors (Lipinski definition) is 7. The van der Waals surface area contributed by atoms with Crippen molar-refractivity contribution in [2.24, 2.45) is 0 Å². The van der Waals surface area contributed by atoms with Crippen LogP contribution in [0.4, 0.5) is 0 Å². The molecule has 0 amide bonds. The Balaban J connectivity index is 2.02. The van der Waals surface area contributed by atoms with Gasteiger partial charge in [-0.1, -0.05) is 0 Å². The third-order valence-corrected chi connectivity index (χ3v) is 2.98. The second kappa shape index (κ2) is 4.16. The Morgan fingerprint density at radius 1 is 1.39 bits per heavy atom. The number of aromatic nitrogens is 4. The fraction of sp³-hybridized carbons (Fsp3) is 0.500. The predicted octanol–water partition coefficient (Wildman–Crippen LogP) is -0.827. The van der Waals surface area contributed by atoms with E-state index in [2.05, 4.69) is 15.0 Å². The van der Waals surface area contributed by atoms with Gasteiger partial charge in [0.25, 0.3) is 0 Å². The van der Waals surface area contributed by atoms with Gasteiger partial charge in [-0.25, -0.2) is 9.97 Å².